The first-order chi connectivity index (χ1) is 12.2. The third kappa shape index (κ3) is 4.65. The second-order valence-electron chi connectivity index (χ2n) is 4.94. The monoisotopic (exact) mass is 437 g/mol. The quantitative estimate of drug-likeness (QED) is 0.520. The van der Waals surface area contributed by atoms with Crippen molar-refractivity contribution >= 4 is 51.2 Å². The Kier molecular flexibility index (Phi) is 6.17. The van der Waals surface area contributed by atoms with E-state index in [1.165, 1.54) is 4.88 Å². The number of hydrogen-bond donors (Lipinski definition) is 1. The first-order valence-electron chi connectivity index (χ1n) is 7.37. The molecule has 0 atom stereocenters. The molecule has 0 spiro atoms. The van der Waals surface area contributed by atoms with E-state index in [9.17, 15) is 0 Å². The number of nitrogens with one attached hydrogen (secondary N) is 1. The van der Waals surface area contributed by atoms with Crippen molar-refractivity contribution in [1.29, 1.82) is 0 Å². The predicted molar refractivity (Wildman–Crippen MR) is 106 cm³/mol. The molecule has 3 rings (SSSR count). The van der Waals surface area contributed by atoms with Gasteiger partial charge in [0.15, 0.2) is 11.5 Å². The van der Waals surface area contributed by atoms with Gasteiger partial charge in [-0.1, -0.05) is 33.8 Å². The third-order valence-electron chi connectivity index (χ3n) is 3.34. The summed E-state index contributed by atoms with van der Waals surface area (Å²) < 4.78 is 11.6. The van der Waals surface area contributed by atoms with Gasteiger partial charge < -0.3 is 9.47 Å². The zero-order valence-corrected chi connectivity index (χ0v) is 16.9. The summed E-state index contributed by atoms with van der Waals surface area (Å²) in [6, 6.07) is 7.94. The Hall–Kier alpha value is -1.77. The van der Waals surface area contributed by atoms with E-state index in [0.29, 0.717) is 22.4 Å². The first kappa shape index (κ1) is 18.0. The van der Waals surface area contributed by atoms with E-state index in [0.717, 1.165) is 15.9 Å². The van der Waals surface area contributed by atoms with Crippen LogP contribution in [0.15, 0.2) is 39.3 Å². The molecule has 3 aromatic rings. The van der Waals surface area contributed by atoms with E-state index in [1.54, 1.807) is 37.3 Å². The number of H-pyrrole nitrogens is 1. The molecule has 25 heavy (non-hydrogen) atoms. The Morgan fingerprint density at radius 3 is 2.76 bits per heavy atom. The summed E-state index contributed by atoms with van der Waals surface area (Å²) in [4.78, 5) is 5.65. The number of thiophene rings is 1. The molecule has 0 fully saturated rings. The average Bonchev–Trinajstić information content (AvgIpc) is 3.30. The number of benzene rings is 1. The summed E-state index contributed by atoms with van der Waals surface area (Å²) in [5.74, 6) is 2.85. The largest absolute Gasteiger partial charge is 0.493 e. The van der Waals surface area contributed by atoms with Crippen LogP contribution in [0.1, 0.15) is 16.3 Å². The molecule has 0 saturated heterocycles. The second kappa shape index (κ2) is 8.55. The minimum atomic E-state index is 0.696. The minimum Gasteiger partial charge on any atom is -0.493 e. The lowest BCUT2D eigenvalue weighted by atomic mass is 10.2. The van der Waals surface area contributed by atoms with Crippen LogP contribution in [0.3, 0.4) is 0 Å². The zero-order valence-electron chi connectivity index (χ0n) is 13.7. The molecule has 0 saturated carbocycles. The highest BCUT2D eigenvalue weighted by molar-refractivity contribution is 9.10. The number of aromatic amines is 1. The van der Waals surface area contributed by atoms with Gasteiger partial charge in [0.05, 0.1) is 14.2 Å². The van der Waals surface area contributed by atoms with Crippen LogP contribution in [-0.4, -0.2) is 29.4 Å². The summed E-state index contributed by atoms with van der Waals surface area (Å²) in [5.41, 5.74) is 1.09. The van der Waals surface area contributed by atoms with Crippen LogP contribution in [0, 0.1) is 0 Å². The standard InChI is InChI=1S/C17H16BrN3O2S2/c1-22-14-8-11(13(18)9-15(14)23-2)10-25-17-19-16(20-21-17)6-5-12-4-3-7-24-12/h3-9H,10H2,1-2H3,(H,19,20,21)/b6-5+. The van der Waals surface area contributed by atoms with E-state index >= 15 is 0 Å². The molecule has 8 heteroatoms. The maximum Gasteiger partial charge on any atom is 0.209 e. The van der Waals surface area contributed by atoms with Crippen LogP contribution in [0.5, 0.6) is 11.5 Å². The molecule has 5 nitrogen and oxygen atoms in total. The molecule has 130 valence electrons. The number of halogens is 1. The topological polar surface area (TPSA) is 60.0 Å². The lowest BCUT2D eigenvalue weighted by molar-refractivity contribution is 0.354. The second-order valence-corrected chi connectivity index (χ2v) is 7.72. The van der Waals surface area contributed by atoms with Gasteiger partial charge in [-0.05, 0) is 41.3 Å². The van der Waals surface area contributed by atoms with Gasteiger partial charge in [0.25, 0.3) is 0 Å². The minimum absolute atomic E-state index is 0.696. The van der Waals surface area contributed by atoms with E-state index < -0.39 is 0 Å². The summed E-state index contributed by atoms with van der Waals surface area (Å²) in [6.07, 6.45) is 3.94. The highest BCUT2D eigenvalue weighted by Gasteiger charge is 2.11. The molecule has 0 bridgehead atoms. The zero-order chi connectivity index (χ0) is 17.6. The number of ether oxygens (including phenoxy) is 2. The number of aromatic nitrogens is 3. The van der Waals surface area contributed by atoms with Crippen LogP contribution in [0.25, 0.3) is 12.2 Å². The fourth-order valence-electron chi connectivity index (χ4n) is 2.09. The molecular formula is C17H16BrN3O2S2. The molecule has 0 aliphatic rings. The van der Waals surface area contributed by atoms with Crippen molar-refractivity contribution in [3.05, 3.63) is 50.4 Å². The Morgan fingerprint density at radius 1 is 1.24 bits per heavy atom. The van der Waals surface area contributed by atoms with Crippen molar-refractivity contribution in [1.82, 2.24) is 15.2 Å². The SMILES string of the molecule is COc1cc(Br)c(CSc2n[nH]c(/C=C/c3cccs3)n2)cc1OC. The van der Waals surface area contributed by atoms with Crippen LogP contribution in [0.2, 0.25) is 0 Å². The predicted octanol–water partition coefficient (Wildman–Crippen LogP) is 5.11. The Morgan fingerprint density at radius 2 is 2.04 bits per heavy atom. The summed E-state index contributed by atoms with van der Waals surface area (Å²) >= 11 is 6.81. The number of nitrogens with zero attached hydrogens (tertiary/aromatic N) is 2. The molecule has 0 aliphatic heterocycles. The van der Waals surface area contributed by atoms with Crippen molar-refractivity contribution in [2.75, 3.05) is 14.2 Å². The molecule has 1 aromatic carbocycles. The Labute approximate surface area is 162 Å². The van der Waals surface area contributed by atoms with Gasteiger partial charge >= 0.3 is 0 Å². The average molecular weight is 438 g/mol. The van der Waals surface area contributed by atoms with Crippen LogP contribution in [-0.2, 0) is 5.75 Å². The third-order valence-corrected chi connectivity index (χ3v) is 5.81. The Balaban J connectivity index is 1.66. The molecular weight excluding hydrogens is 422 g/mol. The summed E-state index contributed by atoms with van der Waals surface area (Å²) in [7, 11) is 3.25. The molecule has 0 aliphatic carbocycles. The van der Waals surface area contributed by atoms with Crippen molar-refractivity contribution in [2.45, 2.75) is 10.9 Å². The molecule has 2 aromatic heterocycles. The van der Waals surface area contributed by atoms with Crippen molar-refractivity contribution in [3.63, 3.8) is 0 Å². The molecule has 0 unspecified atom stereocenters. The van der Waals surface area contributed by atoms with Crippen molar-refractivity contribution < 1.29 is 9.47 Å². The highest BCUT2D eigenvalue weighted by Crippen LogP contribution is 2.35. The maximum atomic E-state index is 5.35. The fraction of sp³-hybridized carbons (Fsp3) is 0.176. The molecule has 1 N–H and O–H groups in total. The van der Waals surface area contributed by atoms with E-state index in [2.05, 4.69) is 37.2 Å². The van der Waals surface area contributed by atoms with Gasteiger partial charge in [0.1, 0.15) is 5.82 Å². The van der Waals surface area contributed by atoms with Crippen LogP contribution < -0.4 is 9.47 Å². The number of thioether (sulfide) groups is 1. The fourth-order valence-corrected chi connectivity index (χ4v) is 4.16. The van der Waals surface area contributed by atoms with Crippen molar-refractivity contribution in [3.8, 4) is 11.5 Å². The molecule has 2 heterocycles. The smallest absolute Gasteiger partial charge is 0.209 e. The highest BCUT2D eigenvalue weighted by atomic mass is 79.9. The Bertz CT molecular complexity index is 863. The van der Waals surface area contributed by atoms with Crippen molar-refractivity contribution in [2.24, 2.45) is 0 Å². The van der Waals surface area contributed by atoms with Gasteiger partial charge in [-0.2, -0.15) is 0 Å². The number of methoxy groups -OCH3 is 2. The number of hydrogen-bond acceptors (Lipinski definition) is 6. The lowest BCUT2D eigenvalue weighted by Gasteiger charge is -2.11. The van der Waals surface area contributed by atoms with Gasteiger partial charge in [0, 0.05) is 15.1 Å². The maximum absolute atomic E-state index is 5.35. The normalized spacial score (nSPS) is 11.2. The van der Waals surface area contributed by atoms with E-state index in [1.807, 2.05) is 35.7 Å². The molecule has 0 radical (unpaired) electrons. The first-order valence-corrected chi connectivity index (χ1v) is 10.0. The van der Waals surface area contributed by atoms with Gasteiger partial charge in [0.2, 0.25) is 5.16 Å². The van der Waals surface area contributed by atoms with Gasteiger partial charge in [-0.3, -0.25) is 5.10 Å². The summed E-state index contributed by atoms with van der Waals surface area (Å²) in [5, 5.41) is 9.93. The van der Waals surface area contributed by atoms with Gasteiger partial charge in [-0.15, -0.1) is 16.4 Å². The summed E-state index contributed by atoms with van der Waals surface area (Å²) in [6.45, 7) is 0. The van der Waals surface area contributed by atoms with Crippen LogP contribution >= 0.6 is 39.0 Å². The van der Waals surface area contributed by atoms with E-state index in [-0.39, 0.29) is 0 Å². The molecule has 0 amide bonds. The van der Waals surface area contributed by atoms with E-state index in [4.69, 9.17) is 9.47 Å². The lowest BCUT2D eigenvalue weighted by Crippen LogP contribution is -1.93. The number of rotatable bonds is 7. The van der Waals surface area contributed by atoms with Gasteiger partial charge in [-0.25, -0.2) is 4.98 Å². The van der Waals surface area contributed by atoms with Crippen LogP contribution in [0.4, 0.5) is 0 Å².